The van der Waals surface area contributed by atoms with Crippen molar-refractivity contribution < 1.29 is 9.53 Å². The summed E-state index contributed by atoms with van der Waals surface area (Å²) >= 11 is 6.28. The number of amides is 1. The number of ether oxygens (including phenoxy) is 1. The molecule has 2 saturated heterocycles. The number of morpholine rings is 1. The zero-order valence-corrected chi connectivity index (χ0v) is 13.8. The highest BCUT2D eigenvalue weighted by atomic mass is 35.5. The van der Waals surface area contributed by atoms with Gasteiger partial charge in [-0.15, -0.1) is 0 Å². The Kier molecular flexibility index (Phi) is 5.01. The van der Waals surface area contributed by atoms with Gasteiger partial charge in [0.15, 0.2) is 0 Å². The molecule has 3 rings (SSSR count). The van der Waals surface area contributed by atoms with E-state index in [1.165, 1.54) is 0 Å². The molecule has 4 nitrogen and oxygen atoms in total. The SMILES string of the molecule is C[C@@H](C(=O)N1CCCC1)N1CCO[C@@H](c2ccccc2Cl)C1. The predicted molar refractivity (Wildman–Crippen MR) is 87.0 cm³/mol. The van der Waals surface area contributed by atoms with Crippen molar-refractivity contribution in [1.29, 1.82) is 0 Å². The van der Waals surface area contributed by atoms with Crippen molar-refractivity contribution in [2.24, 2.45) is 0 Å². The van der Waals surface area contributed by atoms with Gasteiger partial charge in [0.25, 0.3) is 0 Å². The van der Waals surface area contributed by atoms with E-state index in [9.17, 15) is 4.79 Å². The van der Waals surface area contributed by atoms with E-state index in [-0.39, 0.29) is 18.1 Å². The largest absolute Gasteiger partial charge is 0.371 e. The predicted octanol–water partition coefficient (Wildman–Crippen LogP) is 2.72. The summed E-state index contributed by atoms with van der Waals surface area (Å²) in [6.45, 7) is 5.96. The summed E-state index contributed by atoms with van der Waals surface area (Å²) in [6.07, 6.45) is 2.20. The Labute approximate surface area is 137 Å². The van der Waals surface area contributed by atoms with Crippen LogP contribution < -0.4 is 0 Å². The second-order valence-corrected chi connectivity index (χ2v) is 6.49. The number of halogens is 1. The van der Waals surface area contributed by atoms with Crippen molar-refractivity contribution >= 4 is 17.5 Å². The van der Waals surface area contributed by atoms with Crippen molar-refractivity contribution in [3.8, 4) is 0 Å². The van der Waals surface area contributed by atoms with Crippen LogP contribution in [0.1, 0.15) is 31.4 Å². The molecule has 0 aliphatic carbocycles. The van der Waals surface area contributed by atoms with E-state index in [0.29, 0.717) is 13.2 Å². The van der Waals surface area contributed by atoms with Crippen LogP contribution in [0.2, 0.25) is 5.02 Å². The fourth-order valence-electron chi connectivity index (χ4n) is 3.30. The van der Waals surface area contributed by atoms with E-state index in [1.807, 2.05) is 36.1 Å². The van der Waals surface area contributed by atoms with Crippen LogP contribution in [-0.2, 0) is 9.53 Å². The lowest BCUT2D eigenvalue weighted by Gasteiger charge is -2.37. The number of likely N-dealkylation sites (tertiary alicyclic amines) is 1. The van der Waals surface area contributed by atoms with Crippen LogP contribution in [0.25, 0.3) is 0 Å². The minimum absolute atomic E-state index is 0.0590. The van der Waals surface area contributed by atoms with Crippen LogP contribution in [0.3, 0.4) is 0 Å². The number of carbonyl (C=O) groups excluding carboxylic acids is 1. The minimum atomic E-state index is -0.0908. The van der Waals surface area contributed by atoms with Gasteiger partial charge >= 0.3 is 0 Å². The molecule has 22 heavy (non-hydrogen) atoms. The third-order valence-electron chi connectivity index (χ3n) is 4.67. The molecule has 5 heteroatoms. The maximum atomic E-state index is 12.6. The third-order valence-corrected chi connectivity index (χ3v) is 5.02. The highest BCUT2D eigenvalue weighted by Gasteiger charge is 2.32. The zero-order chi connectivity index (χ0) is 15.5. The van der Waals surface area contributed by atoms with Gasteiger partial charge in [0.2, 0.25) is 5.91 Å². The van der Waals surface area contributed by atoms with E-state index >= 15 is 0 Å². The Morgan fingerprint density at radius 1 is 1.27 bits per heavy atom. The van der Waals surface area contributed by atoms with Crippen molar-refractivity contribution in [3.05, 3.63) is 34.9 Å². The Morgan fingerprint density at radius 3 is 2.73 bits per heavy atom. The lowest BCUT2D eigenvalue weighted by atomic mass is 10.1. The van der Waals surface area contributed by atoms with E-state index in [1.54, 1.807) is 0 Å². The Hall–Kier alpha value is -1.10. The van der Waals surface area contributed by atoms with Crippen molar-refractivity contribution in [3.63, 3.8) is 0 Å². The first-order valence-corrected chi connectivity index (χ1v) is 8.43. The molecule has 1 aromatic rings. The van der Waals surface area contributed by atoms with Gasteiger partial charge in [0.1, 0.15) is 0 Å². The van der Waals surface area contributed by atoms with Gasteiger partial charge in [-0.3, -0.25) is 9.69 Å². The second kappa shape index (κ2) is 6.99. The van der Waals surface area contributed by atoms with Crippen molar-refractivity contribution in [2.75, 3.05) is 32.8 Å². The van der Waals surface area contributed by atoms with Crippen LogP contribution in [-0.4, -0.2) is 54.5 Å². The molecule has 120 valence electrons. The number of carbonyl (C=O) groups is 1. The first-order valence-electron chi connectivity index (χ1n) is 8.05. The van der Waals surface area contributed by atoms with E-state index in [2.05, 4.69) is 4.90 Å². The number of nitrogens with zero attached hydrogens (tertiary/aromatic N) is 2. The maximum absolute atomic E-state index is 12.6. The number of hydrogen-bond donors (Lipinski definition) is 0. The molecule has 1 aromatic carbocycles. The molecular weight excluding hydrogens is 300 g/mol. The van der Waals surface area contributed by atoms with E-state index in [4.69, 9.17) is 16.3 Å². The summed E-state index contributed by atoms with van der Waals surface area (Å²) in [5, 5.41) is 0.730. The maximum Gasteiger partial charge on any atom is 0.239 e. The van der Waals surface area contributed by atoms with E-state index < -0.39 is 0 Å². The van der Waals surface area contributed by atoms with Crippen molar-refractivity contribution in [2.45, 2.75) is 31.9 Å². The van der Waals surface area contributed by atoms with Gasteiger partial charge in [-0.2, -0.15) is 0 Å². The Bertz CT molecular complexity index is 531. The normalized spacial score (nSPS) is 24.5. The second-order valence-electron chi connectivity index (χ2n) is 6.08. The van der Waals surface area contributed by atoms with Crippen LogP contribution in [0.15, 0.2) is 24.3 Å². The molecule has 2 atom stereocenters. The van der Waals surface area contributed by atoms with Gasteiger partial charge in [-0.1, -0.05) is 29.8 Å². The average molecular weight is 323 g/mol. The molecule has 0 bridgehead atoms. The average Bonchev–Trinajstić information content (AvgIpc) is 3.08. The van der Waals surface area contributed by atoms with Gasteiger partial charge in [0, 0.05) is 36.8 Å². The standard InChI is InChI=1S/C17H23ClN2O2/c1-13(17(21)19-8-4-5-9-19)20-10-11-22-16(12-20)14-6-2-3-7-15(14)18/h2-3,6-7,13,16H,4-5,8-12H2,1H3/t13-,16+/m0/s1. The molecule has 0 aromatic heterocycles. The highest BCUT2D eigenvalue weighted by molar-refractivity contribution is 6.31. The summed E-state index contributed by atoms with van der Waals surface area (Å²) < 4.78 is 5.88. The topological polar surface area (TPSA) is 32.8 Å². The van der Waals surface area contributed by atoms with Crippen LogP contribution in [0, 0.1) is 0 Å². The molecule has 0 unspecified atom stereocenters. The van der Waals surface area contributed by atoms with Gasteiger partial charge < -0.3 is 9.64 Å². The molecule has 0 spiro atoms. The van der Waals surface area contributed by atoms with Crippen molar-refractivity contribution in [1.82, 2.24) is 9.80 Å². The highest BCUT2D eigenvalue weighted by Crippen LogP contribution is 2.29. The molecule has 0 N–H and O–H groups in total. The summed E-state index contributed by atoms with van der Waals surface area (Å²) in [5.41, 5.74) is 1.01. The molecule has 2 aliphatic heterocycles. The Balaban J connectivity index is 1.67. The molecule has 2 fully saturated rings. The monoisotopic (exact) mass is 322 g/mol. The molecule has 1 amide bonds. The molecule has 2 aliphatic rings. The fourth-order valence-corrected chi connectivity index (χ4v) is 3.56. The van der Waals surface area contributed by atoms with Gasteiger partial charge in [0.05, 0.1) is 18.8 Å². The number of benzene rings is 1. The number of rotatable bonds is 3. The fraction of sp³-hybridized carbons (Fsp3) is 0.588. The summed E-state index contributed by atoms with van der Waals surface area (Å²) in [7, 11) is 0. The molecular formula is C17H23ClN2O2. The first kappa shape index (κ1) is 15.8. The van der Waals surface area contributed by atoms with Crippen LogP contribution in [0.5, 0.6) is 0 Å². The molecule has 0 saturated carbocycles. The first-order chi connectivity index (χ1) is 10.7. The minimum Gasteiger partial charge on any atom is -0.371 e. The van der Waals surface area contributed by atoms with Crippen LogP contribution in [0.4, 0.5) is 0 Å². The van der Waals surface area contributed by atoms with Gasteiger partial charge in [-0.05, 0) is 25.8 Å². The third kappa shape index (κ3) is 3.29. The zero-order valence-electron chi connectivity index (χ0n) is 13.0. The summed E-state index contributed by atoms with van der Waals surface area (Å²) in [4.78, 5) is 16.8. The lowest BCUT2D eigenvalue weighted by molar-refractivity contribution is -0.138. The quantitative estimate of drug-likeness (QED) is 0.858. The Morgan fingerprint density at radius 2 is 2.00 bits per heavy atom. The molecule has 2 heterocycles. The molecule has 0 radical (unpaired) electrons. The van der Waals surface area contributed by atoms with E-state index in [0.717, 1.165) is 43.1 Å². The van der Waals surface area contributed by atoms with Gasteiger partial charge in [-0.25, -0.2) is 0 Å². The lowest BCUT2D eigenvalue weighted by Crippen LogP contribution is -2.50. The van der Waals surface area contributed by atoms with Crippen LogP contribution >= 0.6 is 11.6 Å². The smallest absolute Gasteiger partial charge is 0.239 e. The number of hydrogen-bond acceptors (Lipinski definition) is 3. The summed E-state index contributed by atoms with van der Waals surface area (Å²) in [6, 6.07) is 7.70. The summed E-state index contributed by atoms with van der Waals surface area (Å²) in [5.74, 6) is 0.248.